The molecule has 2 aliphatic carbocycles. The van der Waals surface area contributed by atoms with E-state index in [0.717, 1.165) is 55.4 Å². The average Bonchev–Trinajstić information content (AvgIpc) is 3.39. The monoisotopic (exact) mass is 465 g/mol. The van der Waals surface area contributed by atoms with Crippen LogP contribution in [0.5, 0.6) is 0 Å². The molecule has 0 spiro atoms. The standard InChI is InChI=1S/C28H39N3O3/c1-18(2)22-13-20(14-25-30-23-8-4-5-9-24(23)31-25)19(3)12-21(22)17-29-26(32)15-28(16-27(33)34)10-6-7-11-28/h4-5,8-9,12,18,20-22H,6-7,10-11,13-17H2,1-3H3,(H,29,32)(H,30,31)(H,33,34)/t20-,21-,22-/m0/s1. The topological polar surface area (TPSA) is 95.1 Å². The molecule has 6 heteroatoms. The molecule has 0 aliphatic heterocycles. The summed E-state index contributed by atoms with van der Waals surface area (Å²) in [7, 11) is 0. The van der Waals surface area contributed by atoms with Crippen molar-refractivity contribution >= 4 is 22.9 Å². The summed E-state index contributed by atoms with van der Waals surface area (Å²) in [6.07, 6.45) is 8.50. The summed E-state index contributed by atoms with van der Waals surface area (Å²) in [6.45, 7) is 7.37. The third-order valence-corrected chi connectivity index (χ3v) is 8.22. The van der Waals surface area contributed by atoms with Gasteiger partial charge in [-0.2, -0.15) is 0 Å². The van der Waals surface area contributed by atoms with Gasteiger partial charge in [0.2, 0.25) is 5.91 Å². The Hall–Kier alpha value is -2.63. The normalized spacial score (nSPS) is 24.4. The molecule has 0 radical (unpaired) electrons. The van der Waals surface area contributed by atoms with Crippen LogP contribution in [-0.4, -0.2) is 33.5 Å². The van der Waals surface area contributed by atoms with Crippen LogP contribution in [0.15, 0.2) is 35.9 Å². The van der Waals surface area contributed by atoms with Gasteiger partial charge in [0.25, 0.3) is 0 Å². The minimum atomic E-state index is -0.795. The van der Waals surface area contributed by atoms with E-state index in [1.807, 2.05) is 18.2 Å². The summed E-state index contributed by atoms with van der Waals surface area (Å²) >= 11 is 0. The molecular weight excluding hydrogens is 426 g/mol. The molecule has 0 bridgehead atoms. The highest BCUT2D eigenvalue weighted by Crippen LogP contribution is 2.44. The Bertz CT molecular complexity index is 1020. The van der Waals surface area contributed by atoms with Crippen molar-refractivity contribution in [1.29, 1.82) is 0 Å². The number of nitrogens with one attached hydrogen (secondary N) is 2. The molecule has 1 saturated carbocycles. The minimum Gasteiger partial charge on any atom is -0.481 e. The van der Waals surface area contributed by atoms with Gasteiger partial charge in [0, 0.05) is 19.4 Å². The number of imidazole rings is 1. The van der Waals surface area contributed by atoms with E-state index in [0.29, 0.717) is 36.6 Å². The number of allylic oxidation sites excluding steroid dienone is 1. The van der Waals surface area contributed by atoms with E-state index >= 15 is 0 Å². The molecule has 3 N–H and O–H groups in total. The van der Waals surface area contributed by atoms with Crippen molar-refractivity contribution in [2.45, 2.75) is 72.1 Å². The van der Waals surface area contributed by atoms with Crippen LogP contribution in [0.4, 0.5) is 0 Å². The van der Waals surface area contributed by atoms with Gasteiger partial charge in [-0.05, 0) is 67.4 Å². The number of H-pyrrole nitrogens is 1. The van der Waals surface area contributed by atoms with Gasteiger partial charge < -0.3 is 15.4 Å². The number of aliphatic carboxylic acids is 1. The Morgan fingerprint density at radius 3 is 2.62 bits per heavy atom. The second-order valence-corrected chi connectivity index (χ2v) is 11.1. The number of hydrogen-bond donors (Lipinski definition) is 3. The quantitative estimate of drug-likeness (QED) is 0.426. The van der Waals surface area contributed by atoms with Gasteiger partial charge in [-0.3, -0.25) is 9.59 Å². The zero-order valence-electron chi connectivity index (χ0n) is 20.8. The molecule has 2 aromatic rings. The second kappa shape index (κ2) is 10.3. The number of aromatic amines is 1. The smallest absolute Gasteiger partial charge is 0.303 e. The minimum absolute atomic E-state index is 0.00103. The molecule has 1 aromatic carbocycles. The third-order valence-electron chi connectivity index (χ3n) is 8.22. The van der Waals surface area contributed by atoms with Gasteiger partial charge >= 0.3 is 5.97 Å². The Kier molecular flexibility index (Phi) is 7.44. The number of hydrogen-bond acceptors (Lipinski definition) is 3. The number of carboxylic acids is 1. The Labute approximate surface area is 202 Å². The molecule has 0 unspecified atom stereocenters. The fourth-order valence-electron chi connectivity index (χ4n) is 6.34. The lowest BCUT2D eigenvalue weighted by Crippen LogP contribution is -2.39. The van der Waals surface area contributed by atoms with E-state index in [9.17, 15) is 14.7 Å². The molecule has 4 rings (SSSR count). The van der Waals surface area contributed by atoms with Crippen LogP contribution in [0, 0.1) is 29.1 Å². The number of carbonyl (C=O) groups is 2. The van der Waals surface area contributed by atoms with Gasteiger partial charge in [-0.15, -0.1) is 0 Å². The van der Waals surface area contributed by atoms with Gasteiger partial charge in [0.05, 0.1) is 17.5 Å². The molecule has 1 heterocycles. The Morgan fingerprint density at radius 1 is 1.21 bits per heavy atom. The number of benzene rings is 1. The van der Waals surface area contributed by atoms with Crippen LogP contribution in [0.25, 0.3) is 11.0 Å². The summed E-state index contributed by atoms with van der Waals surface area (Å²) in [5, 5.41) is 12.5. The molecule has 2 aliphatic rings. The summed E-state index contributed by atoms with van der Waals surface area (Å²) in [4.78, 5) is 32.5. The number of aromatic nitrogens is 2. The second-order valence-electron chi connectivity index (χ2n) is 11.1. The van der Waals surface area contributed by atoms with Gasteiger partial charge in [0.15, 0.2) is 0 Å². The lowest BCUT2D eigenvalue weighted by atomic mass is 9.69. The number of carbonyl (C=O) groups excluding carboxylic acids is 1. The highest BCUT2D eigenvalue weighted by atomic mass is 16.4. The van der Waals surface area contributed by atoms with E-state index in [2.05, 4.69) is 43.2 Å². The number of rotatable bonds is 9. The van der Waals surface area contributed by atoms with Crippen molar-refractivity contribution in [3.8, 4) is 0 Å². The summed E-state index contributed by atoms with van der Waals surface area (Å²) in [6, 6.07) is 8.15. The predicted molar refractivity (Wildman–Crippen MR) is 134 cm³/mol. The first-order chi connectivity index (χ1) is 16.2. The Balaban J connectivity index is 1.39. The number of fused-ring (bicyclic) bond motifs is 1. The first-order valence-electron chi connectivity index (χ1n) is 12.8. The lowest BCUT2D eigenvalue weighted by molar-refractivity contribution is -0.140. The van der Waals surface area contributed by atoms with Crippen molar-refractivity contribution in [2.75, 3.05) is 6.54 Å². The SMILES string of the molecule is CC1=C[C@@H](CNC(=O)CC2(CC(=O)O)CCCC2)[C@H](C(C)C)C[C@H]1Cc1nc2ccccc2[nH]1. The van der Waals surface area contributed by atoms with E-state index < -0.39 is 5.97 Å². The molecule has 0 saturated heterocycles. The van der Waals surface area contributed by atoms with Gasteiger partial charge in [0.1, 0.15) is 5.82 Å². The molecule has 1 aromatic heterocycles. The van der Waals surface area contributed by atoms with E-state index in [4.69, 9.17) is 4.98 Å². The maximum atomic E-state index is 12.8. The van der Waals surface area contributed by atoms with E-state index in [-0.39, 0.29) is 17.7 Å². The predicted octanol–water partition coefficient (Wildman–Crippen LogP) is 5.50. The molecule has 1 fully saturated rings. The van der Waals surface area contributed by atoms with Crippen LogP contribution in [0.2, 0.25) is 0 Å². The highest BCUT2D eigenvalue weighted by Gasteiger charge is 2.38. The zero-order chi connectivity index (χ0) is 24.3. The third kappa shape index (κ3) is 5.70. The molecular formula is C28H39N3O3. The fraction of sp³-hybridized carbons (Fsp3) is 0.607. The fourth-order valence-corrected chi connectivity index (χ4v) is 6.34. The first-order valence-corrected chi connectivity index (χ1v) is 12.8. The van der Waals surface area contributed by atoms with E-state index in [1.165, 1.54) is 5.57 Å². The van der Waals surface area contributed by atoms with E-state index in [1.54, 1.807) is 0 Å². The molecule has 6 nitrogen and oxygen atoms in total. The van der Waals surface area contributed by atoms with Crippen molar-refractivity contribution in [3.63, 3.8) is 0 Å². The number of carboxylic acid groups (broad SMARTS) is 1. The summed E-state index contributed by atoms with van der Waals surface area (Å²) in [5.74, 6) is 1.98. The lowest BCUT2D eigenvalue weighted by Gasteiger charge is -2.37. The molecule has 1 amide bonds. The van der Waals surface area contributed by atoms with Crippen molar-refractivity contribution in [3.05, 3.63) is 41.7 Å². The maximum absolute atomic E-state index is 12.8. The van der Waals surface area contributed by atoms with Crippen molar-refractivity contribution in [1.82, 2.24) is 15.3 Å². The van der Waals surface area contributed by atoms with Gasteiger partial charge in [-0.25, -0.2) is 4.98 Å². The number of amides is 1. The van der Waals surface area contributed by atoms with Crippen molar-refractivity contribution in [2.24, 2.45) is 29.1 Å². The number of nitrogens with zero attached hydrogens (tertiary/aromatic N) is 1. The first kappa shape index (κ1) is 24.5. The largest absolute Gasteiger partial charge is 0.481 e. The van der Waals surface area contributed by atoms with Crippen LogP contribution >= 0.6 is 0 Å². The molecule has 34 heavy (non-hydrogen) atoms. The Morgan fingerprint density at radius 2 is 1.94 bits per heavy atom. The van der Waals surface area contributed by atoms with Crippen LogP contribution in [0.1, 0.15) is 71.5 Å². The summed E-state index contributed by atoms with van der Waals surface area (Å²) in [5.41, 5.74) is 3.11. The van der Waals surface area contributed by atoms with Crippen LogP contribution < -0.4 is 5.32 Å². The van der Waals surface area contributed by atoms with Crippen LogP contribution in [-0.2, 0) is 16.0 Å². The molecule has 184 valence electrons. The number of para-hydroxylation sites is 2. The average molecular weight is 466 g/mol. The zero-order valence-corrected chi connectivity index (χ0v) is 20.8. The summed E-state index contributed by atoms with van der Waals surface area (Å²) < 4.78 is 0. The van der Waals surface area contributed by atoms with Gasteiger partial charge in [-0.1, -0.05) is 50.5 Å². The maximum Gasteiger partial charge on any atom is 0.303 e. The molecule has 3 atom stereocenters. The van der Waals surface area contributed by atoms with Crippen LogP contribution in [0.3, 0.4) is 0 Å². The van der Waals surface area contributed by atoms with Crippen molar-refractivity contribution < 1.29 is 14.7 Å². The highest BCUT2D eigenvalue weighted by molar-refractivity contribution is 5.78.